The Morgan fingerprint density at radius 2 is 1.90 bits per heavy atom. The Kier molecular flexibility index (Phi) is 4.71. The molecule has 104 valence electrons. The van der Waals surface area contributed by atoms with Gasteiger partial charge in [-0.25, -0.2) is 4.39 Å². The van der Waals surface area contributed by atoms with E-state index in [2.05, 4.69) is 5.32 Å². The maximum absolute atomic E-state index is 13.6. The summed E-state index contributed by atoms with van der Waals surface area (Å²) >= 11 is 5.84. The lowest BCUT2D eigenvalue weighted by atomic mass is 10.1. The number of anilines is 1. The van der Waals surface area contributed by atoms with Gasteiger partial charge in [-0.05, 0) is 24.1 Å². The monoisotopic (exact) mass is 292 g/mol. The molecule has 3 nitrogen and oxygen atoms in total. The third-order valence-corrected chi connectivity index (χ3v) is 3.16. The van der Waals surface area contributed by atoms with Crippen LogP contribution in [0.2, 0.25) is 5.02 Å². The van der Waals surface area contributed by atoms with Crippen molar-refractivity contribution in [2.45, 2.75) is 12.5 Å². The molecule has 0 bridgehead atoms. The molecule has 0 aromatic heterocycles. The van der Waals surface area contributed by atoms with Gasteiger partial charge in [0.1, 0.15) is 5.82 Å². The average molecular weight is 293 g/mol. The molecule has 1 amide bonds. The number of hydrogen-bond donors (Lipinski definition) is 2. The highest BCUT2D eigenvalue weighted by Crippen LogP contribution is 2.24. The largest absolute Gasteiger partial charge is 0.321 e. The molecular formula is C15H14ClFN2O. The number of benzene rings is 2. The molecule has 0 spiro atoms. The number of rotatable bonds is 4. The van der Waals surface area contributed by atoms with E-state index in [9.17, 15) is 9.18 Å². The van der Waals surface area contributed by atoms with E-state index < -0.39 is 17.8 Å². The second-order valence-corrected chi connectivity index (χ2v) is 4.79. The summed E-state index contributed by atoms with van der Waals surface area (Å²) in [6.07, 6.45) is 0.374. The highest BCUT2D eigenvalue weighted by molar-refractivity contribution is 6.33. The number of nitrogens with two attached hydrogens (primary N) is 1. The zero-order valence-corrected chi connectivity index (χ0v) is 11.4. The lowest BCUT2D eigenvalue weighted by Crippen LogP contribution is -2.37. The molecule has 3 N–H and O–H groups in total. The van der Waals surface area contributed by atoms with Crippen molar-refractivity contribution in [1.29, 1.82) is 0 Å². The second kappa shape index (κ2) is 6.50. The summed E-state index contributed by atoms with van der Waals surface area (Å²) in [6.45, 7) is 0. The Morgan fingerprint density at radius 1 is 1.20 bits per heavy atom. The van der Waals surface area contributed by atoms with Crippen molar-refractivity contribution in [2.24, 2.45) is 5.73 Å². The normalized spacial score (nSPS) is 11.9. The van der Waals surface area contributed by atoms with Gasteiger partial charge in [0.25, 0.3) is 0 Å². The first-order valence-electron chi connectivity index (χ1n) is 6.12. The quantitative estimate of drug-likeness (QED) is 0.910. The van der Waals surface area contributed by atoms with Crippen LogP contribution in [0.4, 0.5) is 10.1 Å². The van der Waals surface area contributed by atoms with Crippen LogP contribution in [0, 0.1) is 5.82 Å². The van der Waals surface area contributed by atoms with E-state index in [-0.39, 0.29) is 10.7 Å². The maximum Gasteiger partial charge on any atom is 0.241 e. The molecule has 1 atom stereocenters. The second-order valence-electron chi connectivity index (χ2n) is 4.38. The average Bonchev–Trinajstić information content (AvgIpc) is 2.44. The first kappa shape index (κ1) is 14.5. The summed E-state index contributed by atoms with van der Waals surface area (Å²) < 4.78 is 13.6. The minimum atomic E-state index is -0.770. The first-order valence-corrected chi connectivity index (χ1v) is 6.50. The molecule has 2 aromatic carbocycles. The molecule has 0 saturated carbocycles. The topological polar surface area (TPSA) is 55.1 Å². The number of carbonyl (C=O) groups excluding carboxylic acids is 1. The van der Waals surface area contributed by atoms with Gasteiger partial charge in [0.05, 0.1) is 16.8 Å². The van der Waals surface area contributed by atoms with Gasteiger partial charge in [0.2, 0.25) is 5.91 Å². The van der Waals surface area contributed by atoms with Gasteiger partial charge < -0.3 is 11.1 Å². The summed E-state index contributed by atoms with van der Waals surface area (Å²) in [5, 5.41) is 2.57. The van der Waals surface area contributed by atoms with Crippen molar-refractivity contribution in [3.8, 4) is 0 Å². The predicted octanol–water partition coefficient (Wildman–Crippen LogP) is 2.99. The van der Waals surface area contributed by atoms with Crippen LogP contribution in [-0.2, 0) is 11.2 Å². The molecule has 0 heterocycles. The number of halogens is 2. The predicted molar refractivity (Wildman–Crippen MR) is 78.2 cm³/mol. The molecule has 0 radical (unpaired) electrons. The summed E-state index contributed by atoms with van der Waals surface area (Å²) in [4.78, 5) is 12.0. The number of amides is 1. The lowest BCUT2D eigenvalue weighted by Gasteiger charge is -2.13. The van der Waals surface area contributed by atoms with Crippen molar-refractivity contribution in [3.05, 3.63) is 64.9 Å². The van der Waals surface area contributed by atoms with Crippen LogP contribution in [0.3, 0.4) is 0 Å². The van der Waals surface area contributed by atoms with Crippen LogP contribution in [0.15, 0.2) is 48.5 Å². The maximum atomic E-state index is 13.6. The van der Waals surface area contributed by atoms with Crippen molar-refractivity contribution in [3.63, 3.8) is 0 Å². The third kappa shape index (κ3) is 3.56. The van der Waals surface area contributed by atoms with Crippen molar-refractivity contribution < 1.29 is 9.18 Å². The van der Waals surface area contributed by atoms with E-state index >= 15 is 0 Å². The fourth-order valence-electron chi connectivity index (χ4n) is 1.79. The number of carbonyl (C=O) groups is 1. The Hall–Kier alpha value is -1.91. The zero-order chi connectivity index (χ0) is 14.5. The van der Waals surface area contributed by atoms with Gasteiger partial charge >= 0.3 is 0 Å². The van der Waals surface area contributed by atoms with Gasteiger partial charge in [0.15, 0.2) is 0 Å². The van der Waals surface area contributed by atoms with Gasteiger partial charge in [-0.3, -0.25) is 4.79 Å². The van der Waals surface area contributed by atoms with Crippen LogP contribution < -0.4 is 11.1 Å². The molecule has 2 rings (SSSR count). The van der Waals surface area contributed by atoms with Crippen LogP contribution in [0.5, 0.6) is 0 Å². The van der Waals surface area contributed by atoms with E-state index in [1.165, 1.54) is 18.2 Å². The Labute approximate surface area is 121 Å². The fourth-order valence-corrected chi connectivity index (χ4v) is 2.00. The number of para-hydroxylation sites is 1. The van der Waals surface area contributed by atoms with Crippen LogP contribution in [0.1, 0.15) is 5.56 Å². The molecule has 20 heavy (non-hydrogen) atoms. The smallest absolute Gasteiger partial charge is 0.241 e. The Bertz CT molecular complexity index is 584. The summed E-state index contributed by atoms with van der Waals surface area (Å²) in [5.41, 5.74) is 6.72. The summed E-state index contributed by atoms with van der Waals surface area (Å²) in [5.74, 6) is -1.06. The van der Waals surface area contributed by atoms with E-state index in [4.69, 9.17) is 17.3 Å². The highest BCUT2D eigenvalue weighted by Gasteiger charge is 2.17. The van der Waals surface area contributed by atoms with E-state index in [0.717, 1.165) is 5.56 Å². The van der Waals surface area contributed by atoms with Crippen LogP contribution >= 0.6 is 11.6 Å². The zero-order valence-electron chi connectivity index (χ0n) is 10.6. The number of hydrogen-bond acceptors (Lipinski definition) is 2. The molecule has 0 aliphatic carbocycles. The van der Waals surface area contributed by atoms with Crippen LogP contribution in [0.25, 0.3) is 0 Å². The van der Waals surface area contributed by atoms with Gasteiger partial charge in [-0.1, -0.05) is 48.0 Å². The highest BCUT2D eigenvalue weighted by atomic mass is 35.5. The Morgan fingerprint density at radius 3 is 2.55 bits per heavy atom. The van der Waals surface area contributed by atoms with E-state index in [0.29, 0.717) is 6.42 Å². The summed E-state index contributed by atoms with van der Waals surface area (Å²) in [6, 6.07) is 12.8. The SMILES string of the molecule is N[C@@H](Cc1ccccc1)C(=O)Nc1c(F)cccc1Cl. The molecule has 5 heteroatoms. The molecule has 0 aliphatic rings. The summed E-state index contributed by atoms with van der Waals surface area (Å²) in [7, 11) is 0. The van der Waals surface area contributed by atoms with Gasteiger partial charge in [-0.2, -0.15) is 0 Å². The molecule has 0 unspecified atom stereocenters. The number of nitrogens with one attached hydrogen (secondary N) is 1. The van der Waals surface area contributed by atoms with Crippen molar-refractivity contribution in [2.75, 3.05) is 5.32 Å². The molecule has 0 saturated heterocycles. The van der Waals surface area contributed by atoms with Crippen LogP contribution in [-0.4, -0.2) is 11.9 Å². The van der Waals surface area contributed by atoms with Crippen molar-refractivity contribution in [1.82, 2.24) is 0 Å². The van der Waals surface area contributed by atoms with Crippen molar-refractivity contribution >= 4 is 23.2 Å². The lowest BCUT2D eigenvalue weighted by molar-refractivity contribution is -0.117. The molecule has 2 aromatic rings. The third-order valence-electron chi connectivity index (χ3n) is 2.85. The van der Waals surface area contributed by atoms with E-state index in [1.807, 2.05) is 30.3 Å². The van der Waals surface area contributed by atoms with Gasteiger partial charge in [0, 0.05) is 0 Å². The van der Waals surface area contributed by atoms with Gasteiger partial charge in [-0.15, -0.1) is 0 Å². The van der Waals surface area contributed by atoms with E-state index in [1.54, 1.807) is 0 Å². The first-order chi connectivity index (χ1) is 9.58. The minimum absolute atomic E-state index is 0.0392. The Balaban J connectivity index is 2.05. The molecule has 0 fully saturated rings. The standard InChI is InChI=1S/C15H14ClFN2O/c16-11-7-4-8-12(17)14(11)19-15(20)13(18)9-10-5-2-1-3-6-10/h1-8,13H,9,18H2,(H,19,20)/t13-/m0/s1. The minimum Gasteiger partial charge on any atom is -0.321 e. The fraction of sp³-hybridized carbons (Fsp3) is 0.133. The molecular weight excluding hydrogens is 279 g/mol. The molecule has 0 aliphatic heterocycles.